The highest BCUT2D eigenvalue weighted by atomic mass is 19.4. The predicted octanol–water partition coefficient (Wildman–Crippen LogP) is 3.53. The zero-order valence-electron chi connectivity index (χ0n) is 13.6. The number of primary amides is 1. The van der Waals surface area contributed by atoms with Gasteiger partial charge in [0.25, 0.3) is 5.91 Å². The molecule has 2 aromatic carbocycles. The maximum absolute atomic E-state index is 12.5. The Hall–Kier alpha value is -3.16. The summed E-state index contributed by atoms with van der Waals surface area (Å²) in [6.45, 7) is 0. The lowest BCUT2D eigenvalue weighted by Gasteiger charge is -2.09. The zero-order chi connectivity index (χ0) is 18.7. The molecule has 0 spiro atoms. The number of rotatable bonds is 5. The maximum Gasteiger partial charge on any atom is 0.389 e. The van der Waals surface area contributed by atoms with Crippen molar-refractivity contribution in [1.82, 2.24) is 14.8 Å². The number of aryl methyl sites for hydroxylation is 1. The minimum Gasteiger partial charge on any atom is -0.363 e. The van der Waals surface area contributed by atoms with Crippen molar-refractivity contribution in [3.63, 3.8) is 0 Å². The molecule has 0 atom stereocenters. The van der Waals surface area contributed by atoms with Crippen molar-refractivity contribution in [2.75, 3.05) is 0 Å². The van der Waals surface area contributed by atoms with E-state index >= 15 is 0 Å². The summed E-state index contributed by atoms with van der Waals surface area (Å²) in [6.07, 6.45) is -5.28. The summed E-state index contributed by atoms with van der Waals surface area (Å²) in [5.41, 5.74) is 6.99. The minimum atomic E-state index is -4.22. The van der Waals surface area contributed by atoms with Gasteiger partial charge in [-0.3, -0.25) is 4.79 Å². The van der Waals surface area contributed by atoms with Gasteiger partial charge in [0.05, 0.1) is 5.69 Å². The molecule has 0 aliphatic carbocycles. The topological polar surface area (TPSA) is 73.8 Å². The molecule has 8 heteroatoms. The van der Waals surface area contributed by atoms with Crippen molar-refractivity contribution in [1.29, 1.82) is 0 Å². The smallest absolute Gasteiger partial charge is 0.363 e. The second-order valence-electron chi connectivity index (χ2n) is 5.69. The molecular weight excluding hydrogens is 345 g/mol. The fraction of sp³-hybridized carbons (Fsp3) is 0.167. The molecule has 1 amide bonds. The third-order valence-corrected chi connectivity index (χ3v) is 3.71. The second kappa shape index (κ2) is 6.99. The Balaban J connectivity index is 2.02. The monoisotopic (exact) mass is 360 g/mol. The predicted molar refractivity (Wildman–Crippen MR) is 89.7 cm³/mol. The molecule has 134 valence electrons. The van der Waals surface area contributed by atoms with Crippen molar-refractivity contribution in [3.8, 4) is 17.1 Å². The van der Waals surface area contributed by atoms with Gasteiger partial charge in [-0.1, -0.05) is 42.5 Å². The molecule has 0 aliphatic rings. The van der Waals surface area contributed by atoms with Gasteiger partial charge < -0.3 is 5.73 Å². The van der Waals surface area contributed by atoms with Crippen LogP contribution in [0.4, 0.5) is 13.2 Å². The van der Waals surface area contributed by atoms with Gasteiger partial charge >= 0.3 is 6.18 Å². The van der Waals surface area contributed by atoms with Crippen LogP contribution >= 0.6 is 0 Å². The van der Waals surface area contributed by atoms with E-state index in [1.165, 1.54) is 4.68 Å². The lowest BCUT2D eigenvalue weighted by atomic mass is 10.1. The zero-order valence-corrected chi connectivity index (χ0v) is 13.6. The standard InChI is InChI=1S/C18H15F3N4O/c19-18(20,21)10-9-12-5-4-8-14(11-12)25-17(13-6-2-1-3-7-13)23-16(24-25)15(22)26/h1-8,11H,9-10H2,(H2,22,26). The Morgan fingerprint density at radius 1 is 1.08 bits per heavy atom. The molecular formula is C18H15F3N4O. The van der Waals surface area contributed by atoms with Crippen LogP contribution in [0, 0.1) is 0 Å². The summed E-state index contributed by atoms with van der Waals surface area (Å²) in [5.74, 6) is -0.564. The van der Waals surface area contributed by atoms with Gasteiger partial charge in [0.15, 0.2) is 5.82 Å². The summed E-state index contributed by atoms with van der Waals surface area (Å²) in [4.78, 5) is 15.6. The number of carbonyl (C=O) groups is 1. The Morgan fingerprint density at radius 2 is 1.81 bits per heavy atom. The quantitative estimate of drug-likeness (QED) is 0.756. The molecule has 0 saturated heterocycles. The summed E-state index contributed by atoms with van der Waals surface area (Å²) < 4.78 is 38.8. The Labute approximate surface area is 147 Å². The summed E-state index contributed by atoms with van der Waals surface area (Å²) in [7, 11) is 0. The van der Waals surface area contributed by atoms with E-state index < -0.39 is 18.5 Å². The van der Waals surface area contributed by atoms with E-state index in [0.29, 0.717) is 22.6 Å². The van der Waals surface area contributed by atoms with Crippen LogP contribution in [0.5, 0.6) is 0 Å². The highest BCUT2D eigenvalue weighted by Gasteiger charge is 2.26. The molecule has 0 saturated carbocycles. The number of aromatic nitrogens is 3. The number of hydrogen-bond donors (Lipinski definition) is 1. The third-order valence-electron chi connectivity index (χ3n) is 3.71. The largest absolute Gasteiger partial charge is 0.389 e. The second-order valence-corrected chi connectivity index (χ2v) is 5.69. The van der Waals surface area contributed by atoms with Crippen LogP contribution < -0.4 is 5.73 Å². The molecule has 5 nitrogen and oxygen atoms in total. The molecule has 0 fully saturated rings. The number of carbonyl (C=O) groups excluding carboxylic acids is 1. The van der Waals surface area contributed by atoms with Crippen LogP contribution in [0.2, 0.25) is 0 Å². The summed E-state index contributed by atoms with van der Waals surface area (Å²) in [5, 5.41) is 4.12. The van der Waals surface area contributed by atoms with Crippen LogP contribution in [0.15, 0.2) is 54.6 Å². The van der Waals surface area contributed by atoms with E-state index in [4.69, 9.17) is 5.73 Å². The molecule has 1 aromatic heterocycles. The van der Waals surface area contributed by atoms with E-state index in [1.54, 1.807) is 48.5 Å². The van der Waals surface area contributed by atoms with Crippen molar-refractivity contribution in [2.45, 2.75) is 19.0 Å². The molecule has 26 heavy (non-hydrogen) atoms. The highest BCUT2D eigenvalue weighted by molar-refractivity contribution is 5.89. The third kappa shape index (κ3) is 4.08. The van der Waals surface area contributed by atoms with E-state index in [2.05, 4.69) is 10.1 Å². The first-order chi connectivity index (χ1) is 12.3. The number of alkyl halides is 3. The van der Waals surface area contributed by atoms with Gasteiger partial charge in [0.2, 0.25) is 5.82 Å². The van der Waals surface area contributed by atoms with Crippen LogP contribution in [0.3, 0.4) is 0 Å². The number of nitrogens with two attached hydrogens (primary N) is 1. The molecule has 2 N–H and O–H groups in total. The highest BCUT2D eigenvalue weighted by Crippen LogP contribution is 2.25. The first kappa shape index (κ1) is 17.7. The van der Waals surface area contributed by atoms with E-state index in [9.17, 15) is 18.0 Å². The van der Waals surface area contributed by atoms with Gasteiger partial charge in [0, 0.05) is 12.0 Å². The fourth-order valence-electron chi connectivity index (χ4n) is 2.50. The van der Waals surface area contributed by atoms with Gasteiger partial charge in [-0.15, -0.1) is 5.10 Å². The summed E-state index contributed by atoms with van der Waals surface area (Å²) >= 11 is 0. The molecule has 3 rings (SSSR count). The molecule has 0 radical (unpaired) electrons. The Kier molecular flexibility index (Phi) is 4.75. The molecule has 1 heterocycles. The van der Waals surface area contributed by atoms with Gasteiger partial charge in [-0.25, -0.2) is 9.67 Å². The molecule has 0 aliphatic heterocycles. The van der Waals surface area contributed by atoms with E-state index in [0.717, 1.165) is 0 Å². The van der Waals surface area contributed by atoms with Crippen LogP contribution in [-0.2, 0) is 6.42 Å². The van der Waals surface area contributed by atoms with E-state index in [-0.39, 0.29) is 12.2 Å². The van der Waals surface area contributed by atoms with Crippen molar-refractivity contribution in [3.05, 3.63) is 66.0 Å². The molecule has 0 bridgehead atoms. The van der Waals surface area contributed by atoms with Crippen molar-refractivity contribution in [2.24, 2.45) is 5.73 Å². The lowest BCUT2D eigenvalue weighted by Crippen LogP contribution is -2.13. The fourth-order valence-corrected chi connectivity index (χ4v) is 2.50. The van der Waals surface area contributed by atoms with Gasteiger partial charge in [0.1, 0.15) is 0 Å². The SMILES string of the molecule is NC(=O)c1nc(-c2ccccc2)n(-c2cccc(CCC(F)(F)F)c2)n1. The Morgan fingerprint density at radius 3 is 2.46 bits per heavy atom. The average molecular weight is 360 g/mol. The number of hydrogen-bond acceptors (Lipinski definition) is 3. The Bertz CT molecular complexity index is 920. The first-order valence-corrected chi connectivity index (χ1v) is 7.82. The molecule has 3 aromatic rings. The van der Waals surface area contributed by atoms with Crippen molar-refractivity contribution >= 4 is 5.91 Å². The molecule has 0 unspecified atom stereocenters. The first-order valence-electron chi connectivity index (χ1n) is 7.82. The summed E-state index contributed by atoms with van der Waals surface area (Å²) in [6, 6.07) is 15.6. The average Bonchev–Trinajstić information content (AvgIpc) is 3.06. The van der Waals surface area contributed by atoms with E-state index in [1.807, 2.05) is 6.07 Å². The number of halogens is 3. The van der Waals surface area contributed by atoms with Crippen LogP contribution in [0.1, 0.15) is 22.6 Å². The maximum atomic E-state index is 12.5. The lowest BCUT2D eigenvalue weighted by molar-refractivity contribution is -0.134. The normalized spacial score (nSPS) is 11.5. The van der Waals surface area contributed by atoms with Crippen LogP contribution in [0.25, 0.3) is 17.1 Å². The van der Waals surface area contributed by atoms with Gasteiger partial charge in [-0.05, 0) is 24.1 Å². The number of nitrogens with zero attached hydrogens (tertiary/aromatic N) is 3. The number of benzene rings is 2. The van der Waals surface area contributed by atoms with Crippen molar-refractivity contribution < 1.29 is 18.0 Å². The minimum absolute atomic E-state index is 0.143. The number of amides is 1. The van der Waals surface area contributed by atoms with Crippen LogP contribution in [-0.4, -0.2) is 26.8 Å². The van der Waals surface area contributed by atoms with Gasteiger partial charge in [-0.2, -0.15) is 13.2 Å².